The van der Waals surface area contributed by atoms with Crippen LogP contribution in [0.25, 0.3) is 0 Å². The third kappa shape index (κ3) is 3.24. The predicted octanol–water partition coefficient (Wildman–Crippen LogP) is 1.03. The third-order valence-electron chi connectivity index (χ3n) is 2.17. The number of hydrogen-bond donors (Lipinski definition) is 2. The van der Waals surface area contributed by atoms with Crippen LogP contribution in [-0.2, 0) is 4.79 Å². The number of amides is 1. The fourth-order valence-electron chi connectivity index (χ4n) is 1.39. The number of carbonyl (C=O) groups is 1. The molecule has 0 atom stereocenters. The number of anilines is 1. The van der Waals surface area contributed by atoms with Crippen molar-refractivity contribution in [3.05, 3.63) is 36.2 Å². The summed E-state index contributed by atoms with van der Waals surface area (Å²) in [5.41, 5.74) is 1.89. The Balaban J connectivity index is 1.88. The van der Waals surface area contributed by atoms with Crippen molar-refractivity contribution in [2.24, 2.45) is 0 Å². The van der Waals surface area contributed by atoms with Gasteiger partial charge >= 0.3 is 0 Å². The van der Waals surface area contributed by atoms with Gasteiger partial charge in [0.2, 0.25) is 11.1 Å². The summed E-state index contributed by atoms with van der Waals surface area (Å²) in [6, 6.07) is 7.63. The molecule has 18 heavy (non-hydrogen) atoms. The normalized spacial score (nSPS) is 10.3. The summed E-state index contributed by atoms with van der Waals surface area (Å²) in [5.74, 6) is 5.68. The Labute approximate surface area is 109 Å². The lowest BCUT2D eigenvalue weighted by Crippen LogP contribution is -2.15. The maximum absolute atomic E-state index is 11.7. The van der Waals surface area contributed by atoms with Crippen LogP contribution in [0.5, 0.6) is 0 Å². The minimum Gasteiger partial charge on any atom is -0.336 e. The van der Waals surface area contributed by atoms with Crippen molar-refractivity contribution < 1.29 is 4.79 Å². The molecule has 0 spiro atoms. The van der Waals surface area contributed by atoms with Gasteiger partial charge in [0.25, 0.3) is 0 Å². The first-order valence-corrected chi connectivity index (χ1v) is 6.28. The summed E-state index contributed by atoms with van der Waals surface area (Å²) < 4.78 is 1.28. The Morgan fingerprint density at radius 3 is 3.06 bits per heavy atom. The van der Waals surface area contributed by atoms with Crippen LogP contribution in [0.3, 0.4) is 0 Å². The van der Waals surface area contributed by atoms with E-state index in [1.54, 1.807) is 0 Å². The van der Waals surface area contributed by atoms with Gasteiger partial charge in [0.1, 0.15) is 6.33 Å². The van der Waals surface area contributed by atoms with Crippen molar-refractivity contribution in [2.45, 2.75) is 12.1 Å². The molecular weight excluding hydrogens is 250 g/mol. The van der Waals surface area contributed by atoms with Crippen LogP contribution in [0.2, 0.25) is 0 Å². The van der Waals surface area contributed by atoms with E-state index in [0.717, 1.165) is 11.3 Å². The van der Waals surface area contributed by atoms with Gasteiger partial charge in [-0.15, -0.1) is 10.2 Å². The fraction of sp³-hybridized carbons (Fsp3) is 0.182. The first-order chi connectivity index (χ1) is 8.65. The highest BCUT2D eigenvalue weighted by molar-refractivity contribution is 7.99. The van der Waals surface area contributed by atoms with Crippen molar-refractivity contribution in [3.63, 3.8) is 0 Å². The van der Waals surface area contributed by atoms with E-state index in [9.17, 15) is 4.79 Å². The van der Waals surface area contributed by atoms with E-state index in [1.165, 1.54) is 22.8 Å². The topological polar surface area (TPSA) is 85.8 Å². The summed E-state index contributed by atoms with van der Waals surface area (Å²) in [6.07, 6.45) is 1.39. The van der Waals surface area contributed by atoms with Gasteiger partial charge in [-0.1, -0.05) is 23.9 Å². The highest BCUT2D eigenvalue weighted by Crippen LogP contribution is 2.14. The second kappa shape index (κ2) is 5.54. The maximum Gasteiger partial charge on any atom is 0.234 e. The molecule has 0 aliphatic carbocycles. The van der Waals surface area contributed by atoms with E-state index in [4.69, 9.17) is 5.84 Å². The number of carbonyl (C=O) groups excluding carboxylic acids is 1. The summed E-state index contributed by atoms with van der Waals surface area (Å²) >= 11 is 1.24. The van der Waals surface area contributed by atoms with Gasteiger partial charge in [-0.2, -0.15) is 0 Å². The van der Waals surface area contributed by atoms with E-state index >= 15 is 0 Å². The number of nitrogens with zero attached hydrogens (tertiary/aromatic N) is 3. The molecule has 7 heteroatoms. The van der Waals surface area contributed by atoms with Crippen molar-refractivity contribution in [1.29, 1.82) is 0 Å². The molecule has 1 aromatic heterocycles. The molecule has 6 nitrogen and oxygen atoms in total. The van der Waals surface area contributed by atoms with Crippen LogP contribution in [-0.4, -0.2) is 26.5 Å². The molecule has 0 aliphatic rings. The Kier molecular flexibility index (Phi) is 3.83. The SMILES string of the molecule is Cc1cccc(NC(=O)CSc2nncn2N)c1. The molecule has 94 valence electrons. The molecule has 0 fully saturated rings. The first-order valence-electron chi connectivity index (χ1n) is 5.29. The number of nitrogens with two attached hydrogens (primary N) is 1. The van der Waals surface area contributed by atoms with E-state index < -0.39 is 0 Å². The van der Waals surface area contributed by atoms with Crippen LogP contribution in [0.4, 0.5) is 5.69 Å². The largest absolute Gasteiger partial charge is 0.336 e. The Morgan fingerprint density at radius 1 is 1.56 bits per heavy atom. The van der Waals surface area contributed by atoms with Crippen molar-refractivity contribution in [3.8, 4) is 0 Å². The number of rotatable bonds is 4. The first kappa shape index (κ1) is 12.4. The van der Waals surface area contributed by atoms with Gasteiger partial charge in [0.15, 0.2) is 0 Å². The Hall–Kier alpha value is -2.02. The molecule has 0 bridgehead atoms. The van der Waals surface area contributed by atoms with Crippen molar-refractivity contribution >= 4 is 23.4 Å². The number of thioether (sulfide) groups is 1. The highest BCUT2D eigenvalue weighted by atomic mass is 32.2. The zero-order valence-corrected chi connectivity index (χ0v) is 10.6. The molecule has 1 amide bonds. The minimum absolute atomic E-state index is 0.103. The Bertz CT molecular complexity index is 554. The summed E-state index contributed by atoms with van der Waals surface area (Å²) in [7, 11) is 0. The molecule has 0 saturated carbocycles. The van der Waals surface area contributed by atoms with Gasteiger partial charge in [-0.05, 0) is 24.6 Å². The smallest absolute Gasteiger partial charge is 0.234 e. The molecule has 0 unspecified atom stereocenters. The molecule has 0 radical (unpaired) electrons. The van der Waals surface area contributed by atoms with Crippen LogP contribution >= 0.6 is 11.8 Å². The lowest BCUT2D eigenvalue weighted by Gasteiger charge is -2.05. The molecule has 0 saturated heterocycles. The molecule has 1 aromatic carbocycles. The highest BCUT2D eigenvalue weighted by Gasteiger charge is 2.07. The number of aryl methyl sites for hydroxylation is 1. The second-order valence-electron chi connectivity index (χ2n) is 3.73. The number of nitrogens with one attached hydrogen (secondary N) is 1. The monoisotopic (exact) mass is 263 g/mol. The van der Waals surface area contributed by atoms with Gasteiger partial charge in [0.05, 0.1) is 5.75 Å². The number of nitrogen functional groups attached to an aromatic ring is 1. The van der Waals surface area contributed by atoms with Gasteiger partial charge in [-0.25, -0.2) is 4.68 Å². The standard InChI is InChI=1S/C11H13N5OS/c1-8-3-2-4-9(5-8)14-10(17)6-18-11-15-13-7-16(11)12/h2-5,7H,6,12H2,1H3,(H,14,17). The van der Waals surface area contributed by atoms with Crippen molar-refractivity contribution in [1.82, 2.24) is 14.9 Å². The van der Waals surface area contributed by atoms with E-state index in [0.29, 0.717) is 5.16 Å². The van der Waals surface area contributed by atoms with E-state index in [2.05, 4.69) is 15.5 Å². The fourth-order valence-corrected chi connectivity index (χ4v) is 2.02. The average Bonchev–Trinajstić information content (AvgIpc) is 2.72. The third-order valence-corrected chi connectivity index (χ3v) is 3.13. The Morgan fingerprint density at radius 2 is 2.39 bits per heavy atom. The maximum atomic E-state index is 11.7. The van der Waals surface area contributed by atoms with Gasteiger partial charge in [-0.3, -0.25) is 4.79 Å². The molecule has 3 N–H and O–H groups in total. The molecule has 2 rings (SSSR count). The van der Waals surface area contributed by atoms with Crippen LogP contribution in [0.15, 0.2) is 35.7 Å². The van der Waals surface area contributed by atoms with Gasteiger partial charge in [0, 0.05) is 5.69 Å². The molecule has 2 aromatic rings. The zero-order chi connectivity index (χ0) is 13.0. The van der Waals surface area contributed by atoms with Crippen LogP contribution < -0.4 is 11.2 Å². The van der Waals surface area contributed by atoms with Crippen LogP contribution in [0, 0.1) is 6.92 Å². The molecule has 1 heterocycles. The lowest BCUT2D eigenvalue weighted by atomic mass is 10.2. The lowest BCUT2D eigenvalue weighted by molar-refractivity contribution is -0.113. The van der Waals surface area contributed by atoms with Gasteiger partial charge < -0.3 is 11.2 Å². The summed E-state index contributed by atoms with van der Waals surface area (Å²) in [4.78, 5) is 11.7. The second-order valence-corrected chi connectivity index (χ2v) is 4.67. The van der Waals surface area contributed by atoms with E-state index in [1.807, 2.05) is 31.2 Å². The number of hydrogen-bond acceptors (Lipinski definition) is 5. The summed E-state index contributed by atoms with van der Waals surface area (Å²) in [6.45, 7) is 1.97. The van der Waals surface area contributed by atoms with E-state index in [-0.39, 0.29) is 11.7 Å². The number of aromatic nitrogens is 3. The number of benzene rings is 1. The minimum atomic E-state index is -0.103. The summed E-state index contributed by atoms with van der Waals surface area (Å²) in [5, 5.41) is 10.7. The van der Waals surface area contributed by atoms with Crippen molar-refractivity contribution in [2.75, 3.05) is 16.9 Å². The quantitative estimate of drug-likeness (QED) is 0.635. The zero-order valence-electron chi connectivity index (χ0n) is 9.83. The predicted molar refractivity (Wildman–Crippen MR) is 70.7 cm³/mol. The molecule has 0 aliphatic heterocycles. The van der Waals surface area contributed by atoms with Crippen LogP contribution in [0.1, 0.15) is 5.56 Å². The molecular formula is C11H13N5OS. The average molecular weight is 263 g/mol.